The van der Waals surface area contributed by atoms with Crippen molar-refractivity contribution in [1.82, 2.24) is 4.98 Å². The van der Waals surface area contributed by atoms with E-state index in [0.29, 0.717) is 16.4 Å². The molecule has 0 atom stereocenters. The lowest BCUT2D eigenvalue weighted by Crippen LogP contribution is -2.11. The summed E-state index contributed by atoms with van der Waals surface area (Å²) in [7, 11) is 1.60. The molecular weight excluding hydrogens is 392 g/mol. The molecule has 0 aliphatic carbocycles. The quantitative estimate of drug-likeness (QED) is 0.414. The number of amides is 1. The van der Waals surface area contributed by atoms with Gasteiger partial charge in [-0.05, 0) is 54.8 Å². The van der Waals surface area contributed by atoms with Crippen molar-refractivity contribution in [3.05, 3.63) is 89.5 Å². The molecule has 4 aromatic rings. The molecule has 0 fully saturated rings. The summed E-state index contributed by atoms with van der Waals surface area (Å²) in [5, 5.41) is 3.52. The number of methoxy groups -OCH3 is 1. The Hall–Kier alpha value is -3.44. The van der Waals surface area contributed by atoms with Gasteiger partial charge in [-0.2, -0.15) is 0 Å². The highest BCUT2D eigenvalue weighted by Crippen LogP contribution is 2.39. The number of aromatic nitrogens is 1. The summed E-state index contributed by atoms with van der Waals surface area (Å²) in [5.41, 5.74) is 6.02. The van der Waals surface area contributed by atoms with Crippen molar-refractivity contribution in [3.63, 3.8) is 0 Å². The van der Waals surface area contributed by atoms with Crippen molar-refractivity contribution in [2.75, 3.05) is 12.4 Å². The molecule has 0 unspecified atom stereocenters. The van der Waals surface area contributed by atoms with Gasteiger partial charge in [0, 0.05) is 11.1 Å². The Morgan fingerprint density at radius 2 is 1.63 bits per heavy atom. The number of carbonyl (C=O) groups excluding carboxylic acids is 1. The predicted octanol–water partition coefficient (Wildman–Crippen LogP) is 6.35. The molecule has 1 N–H and O–H groups in total. The first-order chi connectivity index (χ1) is 14.5. The molecule has 0 bridgehead atoms. The zero-order valence-electron chi connectivity index (χ0n) is 17.1. The average Bonchev–Trinajstić information content (AvgIpc) is 3.20. The van der Waals surface area contributed by atoms with Gasteiger partial charge in [-0.3, -0.25) is 10.1 Å². The van der Waals surface area contributed by atoms with Crippen molar-refractivity contribution in [3.8, 4) is 27.4 Å². The molecule has 0 saturated carbocycles. The van der Waals surface area contributed by atoms with Crippen molar-refractivity contribution in [1.29, 1.82) is 0 Å². The number of ether oxygens (including phenoxy) is 1. The Morgan fingerprint density at radius 1 is 0.900 bits per heavy atom. The van der Waals surface area contributed by atoms with E-state index in [1.165, 1.54) is 22.5 Å². The van der Waals surface area contributed by atoms with Crippen LogP contribution in [0.3, 0.4) is 0 Å². The Balaban J connectivity index is 1.71. The van der Waals surface area contributed by atoms with Crippen LogP contribution < -0.4 is 10.1 Å². The normalized spacial score (nSPS) is 10.6. The summed E-state index contributed by atoms with van der Waals surface area (Å²) in [6, 6.07) is 23.5. The number of benzene rings is 3. The van der Waals surface area contributed by atoms with Crippen molar-refractivity contribution < 1.29 is 9.53 Å². The van der Waals surface area contributed by atoms with Gasteiger partial charge in [-0.25, -0.2) is 4.98 Å². The van der Waals surface area contributed by atoms with E-state index < -0.39 is 0 Å². The second-order valence-electron chi connectivity index (χ2n) is 7.04. The standard InChI is InChI=1S/C25H22N2O2S/c1-16-9-10-20(15-17(16)2)23-22(18-7-5-4-6-8-18)26-25(30-23)27-24(28)19-11-13-21(29-3)14-12-19/h4-15H,1-3H3,(H,26,27,28). The van der Waals surface area contributed by atoms with Gasteiger partial charge in [-0.1, -0.05) is 59.9 Å². The number of aryl methyl sites for hydroxylation is 2. The molecular formula is C25H22N2O2S. The number of anilines is 1. The number of hydrogen-bond acceptors (Lipinski definition) is 4. The smallest absolute Gasteiger partial charge is 0.257 e. The van der Waals surface area contributed by atoms with Gasteiger partial charge >= 0.3 is 0 Å². The van der Waals surface area contributed by atoms with Crippen LogP contribution >= 0.6 is 11.3 Å². The van der Waals surface area contributed by atoms with Crippen LogP contribution in [0.2, 0.25) is 0 Å². The van der Waals surface area contributed by atoms with E-state index in [2.05, 4.69) is 37.4 Å². The third-order valence-corrected chi connectivity index (χ3v) is 6.04. The monoisotopic (exact) mass is 414 g/mol. The topological polar surface area (TPSA) is 51.2 Å². The molecule has 5 heteroatoms. The van der Waals surface area contributed by atoms with Crippen LogP contribution in [-0.4, -0.2) is 18.0 Å². The van der Waals surface area contributed by atoms with Crippen molar-refractivity contribution >= 4 is 22.4 Å². The van der Waals surface area contributed by atoms with Crippen LogP contribution in [0.15, 0.2) is 72.8 Å². The Kier molecular flexibility index (Phi) is 5.63. The molecule has 0 aliphatic rings. The maximum atomic E-state index is 12.7. The van der Waals surface area contributed by atoms with E-state index in [9.17, 15) is 4.79 Å². The van der Waals surface area contributed by atoms with E-state index in [4.69, 9.17) is 9.72 Å². The van der Waals surface area contributed by atoms with Crippen molar-refractivity contribution in [2.45, 2.75) is 13.8 Å². The summed E-state index contributed by atoms with van der Waals surface area (Å²) in [4.78, 5) is 18.5. The minimum Gasteiger partial charge on any atom is -0.497 e. The number of rotatable bonds is 5. The molecule has 3 aromatic carbocycles. The minimum absolute atomic E-state index is 0.197. The summed E-state index contributed by atoms with van der Waals surface area (Å²) >= 11 is 1.48. The molecule has 0 radical (unpaired) electrons. The summed E-state index contributed by atoms with van der Waals surface area (Å²) in [6.07, 6.45) is 0. The van der Waals surface area contributed by atoms with Crippen molar-refractivity contribution in [2.24, 2.45) is 0 Å². The summed E-state index contributed by atoms with van der Waals surface area (Å²) in [5.74, 6) is 0.516. The zero-order valence-corrected chi connectivity index (χ0v) is 17.9. The molecule has 0 spiro atoms. The fraction of sp³-hybridized carbons (Fsp3) is 0.120. The second kappa shape index (κ2) is 8.51. The first-order valence-corrected chi connectivity index (χ1v) is 10.5. The van der Waals surface area contributed by atoms with Gasteiger partial charge < -0.3 is 4.74 Å². The van der Waals surface area contributed by atoms with Crippen LogP contribution in [0.1, 0.15) is 21.5 Å². The highest BCUT2D eigenvalue weighted by atomic mass is 32.1. The zero-order chi connectivity index (χ0) is 21.1. The van der Waals surface area contributed by atoms with Gasteiger partial charge in [0.05, 0.1) is 17.7 Å². The lowest BCUT2D eigenvalue weighted by Gasteiger charge is -2.05. The molecule has 0 aliphatic heterocycles. The van der Waals surface area contributed by atoms with E-state index in [0.717, 1.165) is 21.7 Å². The SMILES string of the molecule is COc1ccc(C(=O)Nc2nc(-c3ccccc3)c(-c3ccc(C)c(C)c3)s2)cc1. The maximum Gasteiger partial charge on any atom is 0.257 e. The first kappa shape index (κ1) is 19.9. The van der Waals surface area contributed by atoms with Crippen LogP contribution in [0.25, 0.3) is 21.7 Å². The third kappa shape index (κ3) is 4.11. The molecule has 1 heterocycles. The molecule has 4 nitrogen and oxygen atoms in total. The number of hydrogen-bond donors (Lipinski definition) is 1. The third-order valence-electron chi connectivity index (χ3n) is 5.02. The lowest BCUT2D eigenvalue weighted by atomic mass is 10.0. The second-order valence-corrected chi connectivity index (χ2v) is 8.04. The Morgan fingerprint density at radius 3 is 2.30 bits per heavy atom. The van der Waals surface area contributed by atoms with E-state index >= 15 is 0 Å². The maximum absolute atomic E-state index is 12.7. The van der Waals surface area contributed by atoms with Crippen LogP contribution in [-0.2, 0) is 0 Å². The minimum atomic E-state index is -0.197. The number of thiazole rings is 1. The van der Waals surface area contributed by atoms with Crippen LogP contribution in [0, 0.1) is 13.8 Å². The van der Waals surface area contributed by atoms with E-state index in [1.54, 1.807) is 31.4 Å². The van der Waals surface area contributed by atoms with Crippen LogP contribution in [0.4, 0.5) is 5.13 Å². The van der Waals surface area contributed by atoms with Crippen LogP contribution in [0.5, 0.6) is 5.75 Å². The predicted molar refractivity (Wildman–Crippen MR) is 123 cm³/mol. The van der Waals surface area contributed by atoms with Gasteiger partial charge in [0.1, 0.15) is 5.75 Å². The van der Waals surface area contributed by atoms with Gasteiger partial charge in [0.2, 0.25) is 0 Å². The molecule has 4 rings (SSSR count). The summed E-state index contributed by atoms with van der Waals surface area (Å²) in [6.45, 7) is 4.21. The Bertz CT molecular complexity index is 1180. The molecule has 150 valence electrons. The number of carbonyl (C=O) groups is 1. The Labute approximate surface area is 180 Å². The summed E-state index contributed by atoms with van der Waals surface area (Å²) < 4.78 is 5.16. The first-order valence-electron chi connectivity index (χ1n) is 9.64. The van der Waals surface area contributed by atoms with Gasteiger partial charge in [0.25, 0.3) is 5.91 Å². The molecule has 30 heavy (non-hydrogen) atoms. The fourth-order valence-corrected chi connectivity index (χ4v) is 4.13. The van der Waals surface area contributed by atoms with Gasteiger partial charge in [-0.15, -0.1) is 0 Å². The highest BCUT2D eigenvalue weighted by Gasteiger charge is 2.17. The molecule has 0 saturated heterocycles. The van der Waals surface area contributed by atoms with E-state index in [1.807, 2.05) is 30.3 Å². The number of nitrogens with one attached hydrogen (secondary N) is 1. The van der Waals surface area contributed by atoms with E-state index in [-0.39, 0.29) is 5.91 Å². The van der Waals surface area contributed by atoms with Gasteiger partial charge in [0.15, 0.2) is 5.13 Å². The largest absolute Gasteiger partial charge is 0.497 e. The fourth-order valence-electron chi connectivity index (χ4n) is 3.16. The average molecular weight is 415 g/mol. The lowest BCUT2D eigenvalue weighted by molar-refractivity contribution is 0.102. The number of nitrogens with zero attached hydrogens (tertiary/aromatic N) is 1. The highest BCUT2D eigenvalue weighted by molar-refractivity contribution is 7.19. The molecule has 1 amide bonds. The molecule has 1 aromatic heterocycles.